The van der Waals surface area contributed by atoms with E-state index in [1.54, 1.807) is 24.3 Å². The van der Waals surface area contributed by atoms with E-state index in [1.807, 2.05) is 30.3 Å². The van der Waals surface area contributed by atoms with E-state index in [9.17, 15) is 9.90 Å². The predicted molar refractivity (Wildman–Crippen MR) is 78.2 cm³/mol. The molecule has 0 radical (unpaired) electrons. The van der Waals surface area contributed by atoms with Gasteiger partial charge in [-0.3, -0.25) is 4.79 Å². The second-order valence-electron chi connectivity index (χ2n) is 4.49. The van der Waals surface area contributed by atoms with Crippen LogP contribution < -0.4 is 4.74 Å². The van der Waals surface area contributed by atoms with Gasteiger partial charge in [0.25, 0.3) is 0 Å². The SMILES string of the molecule is O=C(O)C(COc1ccc(Cl)cc1)Cc1ccccc1. The van der Waals surface area contributed by atoms with Crippen LogP contribution in [0.4, 0.5) is 0 Å². The molecule has 0 aliphatic rings. The Morgan fingerprint density at radius 1 is 1.10 bits per heavy atom. The lowest BCUT2D eigenvalue weighted by Gasteiger charge is -2.14. The van der Waals surface area contributed by atoms with Crippen molar-refractivity contribution < 1.29 is 14.6 Å². The summed E-state index contributed by atoms with van der Waals surface area (Å²) >= 11 is 5.78. The van der Waals surface area contributed by atoms with Crippen molar-refractivity contribution in [2.75, 3.05) is 6.61 Å². The number of aliphatic carboxylic acids is 1. The van der Waals surface area contributed by atoms with Crippen LogP contribution in [0.2, 0.25) is 5.02 Å². The number of hydrogen-bond acceptors (Lipinski definition) is 2. The molecule has 20 heavy (non-hydrogen) atoms. The van der Waals surface area contributed by atoms with Gasteiger partial charge in [0, 0.05) is 5.02 Å². The molecule has 4 heteroatoms. The van der Waals surface area contributed by atoms with Gasteiger partial charge in [-0.05, 0) is 36.2 Å². The Labute approximate surface area is 122 Å². The monoisotopic (exact) mass is 290 g/mol. The Bertz CT molecular complexity index is 552. The average Bonchev–Trinajstić information content (AvgIpc) is 2.46. The number of carboxylic acids is 1. The number of benzene rings is 2. The molecule has 1 atom stereocenters. The van der Waals surface area contributed by atoms with Crippen LogP contribution in [0.5, 0.6) is 5.75 Å². The van der Waals surface area contributed by atoms with Gasteiger partial charge in [-0.15, -0.1) is 0 Å². The topological polar surface area (TPSA) is 46.5 Å². The molecule has 0 bridgehead atoms. The summed E-state index contributed by atoms with van der Waals surface area (Å²) in [6, 6.07) is 16.4. The van der Waals surface area contributed by atoms with Gasteiger partial charge in [-0.25, -0.2) is 0 Å². The maximum Gasteiger partial charge on any atom is 0.310 e. The average molecular weight is 291 g/mol. The van der Waals surface area contributed by atoms with Crippen LogP contribution in [0.15, 0.2) is 54.6 Å². The van der Waals surface area contributed by atoms with E-state index in [1.165, 1.54) is 0 Å². The molecule has 1 unspecified atom stereocenters. The van der Waals surface area contributed by atoms with E-state index in [4.69, 9.17) is 16.3 Å². The molecule has 2 aromatic rings. The fourth-order valence-corrected chi connectivity index (χ4v) is 1.97. The Hall–Kier alpha value is -2.00. The van der Waals surface area contributed by atoms with E-state index in [2.05, 4.69) is 0 Å². The molecule has 0 aromatic heterocycles. The van der Waals surface area contributed by atoms with Crippen LogP contribution in [0, 0.1) is 5.92 Å². The first kappa shape index (κ1) is 14.4. The number of carbonyl (C=O) groups is 1. The van der Waals surface area contributed by atoms with Crippen molar-refractivity contribution in [2.45, 2.75) is 6.42 Å². The van der Waals surface area contributed by atoms with Crippen molar-refractivity contribution in [1.82, 2.24) is 0 Å². The Morgan fingerprint density at radius 2 is 1.75 bits per heavy atom. The van der Waals surface area contributed by atoms with E-state index in [0.29, 0.717) is 17.2 Å². The minimum absolute atomic E-state index is 0.131. The molecule has 3 nitrogen and oxygen atoms in total. The van der Waals surface area contributed by atoms with Gasteiger partial charge in [-0.1, -0.05) is 41.9 Å². The number of carboxylic acid groups (broad SMARTS) is 1. The van der Waals surface area contributed by atoms with Crippen LogP contribution in [-0.4, -0.2) is 17.7 Å². The maximum absolute atomic E-state index is 11.3. The van der Waals surface area contributed by atoms with Crippen LogP contribution >= 0.6 is 11.6 Å². The molecule has 2 aromatic carbocycles. The van der Waals surface area contributed by atoms with Crippen molar-refractivity contribution in [3.05, 3.63) is 65.2 Å². The molecule has 0 aliphatic carbocycles. The Balaban J connectivity index is 1.96. The molecule has 0 saturated carbocycles. The van der Waals surface area contributed by atoms with E-state index >= 15 is 0 Å². The zero-order valence-corrected chi connectivity index (χ0v) is 11.6. The molecular formula is C16H15ClO3. The molecule has 0 aliphatic heterocycles. The van der Waals surface area contributed by atoms with Gasteiger partial charge < -0.3 is 9.84 Å². The van der Waals surface area contributed by atoms with Gasteiger partial charge >= 0.3 is 5.97 Å². The van der Waals surface area contributed by atoms with Crippen molar-refractivity contribution in [3.8, 4) is 5.75 Å². The Kier molecular flexibility index (Phi) is 5.02. The third-order valence-corrected chi connectivity index (χ3v) is 3.19. The van der Waals surface area contributed by atoms with Crippen LogP contribution in [0.1, 0.15) is 5.56 Å². The normalized spacial score (nSPS) is 11.8. The summed E-state index contributed by atoms with van der Waals surface area (Å²) in [5.74, 6) is -0.815. The molecule has 0 spiro atoms. The molecule has 0 amide bonds. The van der Waals surface area contributed by atoms with Gasteiger partial charge in [0.1, 0.15) is 12.4 Å². The summed E-state index contributed by atoms with van der Waals surface area (Å²) in [6.45, 7) is 0.131. The molecule has 0 fully saturated rings. The van der Waals surface area contributed by atoms with Gasteiger partial charge in [-0.2, -0.15) is 0 Å². The summed E-state index contributed by atoms with van der Waals surface area (Å²) in [5.41, 5.74) is 0.986. The van der Waals surface area contributed by atoms with Crippen LogP contribution in [0.25, 0.3) is 0 Å². The summed E-state index contributed by atoms with van der Waals surface area (Å²) < 4.78 is 5.52. The van der Waals surface area contributed by atoms with Crippen LogP contribution in [-0.2, 0) is 11.2 Å². The lowest BCUT2D eigenvalue weighted by atomic mass is 10.0. The first-order valence-corrected chi connectivity index (χ1v) is 6.68. The summed E-state index contributed by atoms with van der Waals surface area (Å²) in [5, 5.41) is 9.88. The maximum atomic E-state index is 11.3. The van der Waals surface area contributed by atoms with Gasteiger partial charge in [0.05, 0.1) is 5.92 Å². The highest BCUT2D eigenvalue weighted by Gasteiger charge is 2.18. The highest BCUT2D eigenvalue weighted by Crippen LogP contribution is 2.17. The van der Waals surface area contributed by atoms with E-state index in [0.717, 1.165) is 5.56 Å². The molecule has 104 valence electrons. The molecule has 0 saturated heterocycles. The van der Waals surface area contributed by atoms with Gasteiger partial charge in [0.2, 0.25) is 0 Å². The minimum Gasteiger partial charge on any atom is -0.493 e. The summed E-state index contributed by atoms with van der Waals surface area (Å²) in [6.07, 6.45) is 0.448. The number of ether oxygens (including phenoxy) is 1. The standard InChI is InChI=1S/C16H15ClO3/c17-14-6-8-15(9-7-14)20-11-13(16(18)19)10-12-4-2-1-3-5-12/h1-9,13H,10-11H2,(H,18,19). The molecule has 1 N–H and O–H groups in total. The smallest absolute Gasteiger partial charge is 0.310 e. The fourth-order valence-electron chi connectivity index (χ4n) is 1.84. The zero-order chi connectivity index (χ0) is 14.4. The van der Waals surface area contributed by atoms with Crippen molar-refractivity contribution in [2.24, 2.45) is 5.92 Å². The van der Waals surface area contributed by atoms with E-state index < -0.39 is 11.9 Å². The third kappa shape index (κ3) is 4.28. The summed E-state index contributed by atoms with van der Waals surface area (Å²) in [4.78, 5) is 11.3. The number of halogens is 1. The largest absolute Gasteiger partial charge is 0.493 e. The molecular weight excluding hydrogens is 276 g/mol. The van der Waals surface area contributed by atoms with Gasteiger partial charge in [0.15, 0.2) is 0 Å². The van der Waals surface area contributed by atoms with Crippen LogP contribution in [0.3, 0.4) is 0 Å². The number of hydrogen-bond donors (Lipinski definition) is 1. The number of rotatable bonds is 6. The van der Waals surface area contributed by atoms with Crippen molar-refractivity contribution >= 4 is 17.6 Å². The highest BCUT2D eigenvalue weighted by atomic mass is 35.5. The first-order valence-electron chi connectivity index (χ1n) is 6.30. The quantitative estimate of drug-likeness (QED) is 0.883. The molecule has 2 rings (SSSR count). The lowest BCUT2D eigenvalue weighted by Crippen LogP contribution is -2.23. The fraction of sp³-hybridized carbons (Fsp3) is 0.188. The zero-order valence-electron chi connectivity index (χ0n) is 10.8. The second-order valence-corrected chi connectivity index (χ2v) is 4.93. The summed E-state index contributed by atoms with van der Waals surface area (Å²) in [7, 11) is 0. The lowest BCUT2D eigenvalue weighted by molar-refractivity contribution is -0.142. The van der Waals surface area contributed by atoms with E-state index in [-0.39, 0.29) is 6.61 Å². The predicted octanol–water partition coefficient (Wildman–Crippen LogP) is 3.66. The highest BCUT2D eigenvalue weighted by molar-refractivity contribution is 6.30. The van der Waals surface area contributed by atoms with Crippen molar-refractivity contribution in [3.63, 3.8) is 0 Å². The second kappa shape index (κ2) is 6.96. The third-order valence-electron chi connectivity index (χ3n) is 2.94. The molecule has 0 heterocycles. The van der Waals surface area contributed by atoms with Crippen molar-refractivity contribution in [1.29, 1.82) is 0 Å². The Morgan fingerprint density at radius 3 is 2.35 bits per heavy atom. The first-order chi connectivity index (χ1) is 9.65. The minimum atomic E-state index is -0.859.